The zero-order valence-electron chi connectivity index (χ0n) is 46.7. The SMILES string of the molecule is CCCCCCCC/C=C\CCCCCCCC(=O)OC[C@@H](COCCCCCCCCCCCCCCCCCC)OC(=O)CCCCCCCCCCCCCCCCCCCCCCC. The summed E-state index contributed by atoms with van der Waals surface area (Å²) in [5, 5.41) is 0. The third-order valence-corrected chi connectivity index (χ3v) is 14.3. The first-order valence-electron chi connectivity index (χ1n) is 31.2. The van der Waals surface area contributed by atoms with Gasteiger partial charge in [-0.25, -0.2) is 0 Å². The molecule has 0 unspecified atom stereocenters. The number of rotatable bonds is 59. The summed E-state index contributed by atoms with van der Waals surface area (Å²) in [7, 11) is 0. The lowest BCUT2D eigenvalue weighted by molar-refractivity contribution is -0.163. The van der Waals surface area contributed by atoms with Gasteiger partial charge in [0, 0.05) is 19.4 Å². The van der Waals surface area contributed by atoms with Crippen LogP contribution in [0.4, 0.5) is 0 Å². The number of carbonyl (C=O) groups is 2. The summed E-state index contributed by atoms with van der Waals surface area (Å²) in [5.41, 5.74) is 0. The standard InChI is InChI=1S/C63H122O5/c1-4-7-10-13-16-19-22-25-28-30-31-32-33-34-36-39-42-45-48-51-54-57-63(65)68-61(59-66-58-55-52-49-46-43-40-37-29-26-23-20-17-14-11-8-5-2)60-67-62(64)56-53-50-47-44-41-38-35-27-24-21-18-15-12-9-6-3/h27,35,61H,4-26,28-34,36-60H2,1-3H3/b35-27-/t61-/m1/s1. The molecule has 0 rings (SSSR count). The second-order valence-corrected chi connectivity index (χ2v) is 21.3. The summed E-state index contributed by atoms with van der Waals surface area (Å²) in [5.74, 6) is -0.377. The third-order valence-electron chi connectivity index (χ3n) is 14.3. The zero-order chi connectivity index (χ0) is 49.2. The van der Waals surface area contributed by atoms with E-state index in [2.05, 4.69) is 32.9 Å². The maximum Gasteiger partial charge on any atom is 0.306 e. The number of hydrogen-bond acceptors (Lipinski definition) is 5. The summed E-state index contributed by atoms with van der Waals surface area (Å²) in [4.78, 5) is 25.6. The molecule has 5 nitrogen and oxygen atoms in total. The Hall–Kier alpha value is -1.36. The predicted molar refractivity (Wildman–Crippen MR) is 298 cm³/mol. The quantitative estimate of drug-likeness (QED) is 0.0345. The van der Waals surface area contributed by atoms with E-state index in [1.165, 1.54) is 283 Å². The highest BCUT2D eigenvalue weighted by Crippen LogP contribution is 2.18. The van der Waals surface area contributed by atoms with Crippen LogP contribution < -0.4 is 0 Å². The van der Waals surface area contributed by atoms with E-state index >= 15 is 0 Å². The Morgan fingerprint density at radius 3 is 0.897 bits per heavy atom. The number of esters is 2. The number of unbranched alkanes of at least 4 members (excludes halogenated alkanes) is 46. The van der Waals surface area contributed by atoms with Crippen LogP contribution in [0.15, 0.2) is 12.2 Å². The topological polar surface area (TPSA) is 61.8 Å². The first-order chi connectivity index (χ1) is 33.6. The molecule has 0 fully saturated rings. The molecule has 0 amide bonds. The molecule has 0 radical (unpaired) electrons. The van der Waals surface area contributed by atoms with Crippen molar-refractivity contribution in [2.45, 2.75) is 361 Å². The predicted octanol–water partition coefficient (Wildman–Crippen LogP) is 21.4. The Bertz CT molecular complexity index is 994. The second-order valence-electron chi connectivity index (χ2n) is 21.3. The van der Waals surface area contributed by atoms with Crippen molar-refractivity contribution in [1.29, 1.82) is 0 Å². The van der Waals surface area contributed by atoms with Gasteiger partial charge in [-0.05, 0) is 44.9 Å². The van der Waals surface area contributed by atoms with E-state index in [1.807, 2.05) is 0 Å². The van der Waals surface area contributed by atoms with Crippen LogP contribution in [0.2, 0.25) is 0 Å². The molecular formula is C63H122O5. The second kappa shape index (κ2) is 59.9. The van der Waals surface area contributed by atoms with Crippen molar-refractivity contribution in [2.75, 3.05) is 19.8 Å². The first-order valence-corrected chi connectivity index (χ1v) is 31.2. The van der Waals surface area contributed by atoms with E-state index in [0.29, 0.717) is 26.1 Å². The molecule has 0 saturated heterocycles. The third kappa shape index (κ3) is 57.2. The molecule has 404 valence electrons. The number of allylic oxidation sites excluding steroid dienone is 2. The normalized spacial score (nSPS) is 12.1. The summed E-state index contributed by atoms with van der Waals surface area (Å²) < 4.78 is 17.5. The molecule has 68 heavy (non-hydrogen) atoms. The molecule has 1 atom stereocenters. The minimum atomic E-state index is -0.531. The van der Waals surface area contributed by atoms with Crippen LogP contribution in [0.3, 0.4) is 0 Å². The van der Waals surface area contributed by atoms with Gasteiger partial charge in [-0.15, -0.1) is 0 Å². The Morgan fingerprint density at radius 1 is 0.309 bits per heavy atom. The molecule has 0 aliphatic rings. The lowest BCUT2D eigenvalue weighted by Crippen LogP contribution is -2.30. The van der Waals surface area contributed by atoms with E-state index < -0.39 is 6.10 Å². The Balaban J connectivity index is 4.18. The van der Waals surface area contributed by atoms with E-state index in [-0.39, 0.29) is 18.5 Å². The highest BCUT2D eigenvalue weighted by Gasteiger charge is 2.18. The van der Waals surface area contributed by atoms with Gasteiger partial charge in [0.25, 0.3) is 0 Å². The maximum absolute atomic E-state index is 12.9. The van der Waals surface area contributed by atoms with Gasteiger partial charge in [0.1, 0.15) is 6.61 Å². The van der Waals surface area contributed by atoms with Gasteiger partial charge in [0.15, 0.2) is 6.10 Å². The minimum absolute atomic E-state index is 0.0912. The largest absolute Gasteiger partial charge is 0.462 e. The molecule has 5 heteroatoms. The van der Waals surface area contributed by atoms with Gasteiger partial charge in [0.05, 0.1) is 6.61 Å². The summed E-state index contributed by atoms with van der Waals surface area (Å²) in [6, 6.07) is 0. The Morgan fingerprint density at radius 2 is 0.574 bits per heavy atom. The molecule has 0 aromatic heterocycles. The smallest absolute Gasteiger partial charge is 0.306 e. The molecule has 0 bridgehead atoms. The summed E-state index contributed by atoms with van der Waals surface area (Å²) in [6.45, 7) is 7.91. The van der Waals surface area contributed by atoms with Crippen molar-refractivity contribution < 1.29 is 23.8 Å². The molecule has 0 aliphatic carbocycles. The zero-order valence-corrected chi connectivity index (χ0v) is 46.7. The van der Waals surface area contributed by atoms with Crippen LogP contribution >= 0.6 is 0 Å². The van der Waals surface area contributed by atoms with Crippen LogP contribution in [-0.4, -0.2) is 37.9 Å². The fourth-order valence-electron chi connectivity index (χ4n) is 9.63. The fraction of sp³-hybridized carbons (Fsp3) is 0.937. The van der Waals surface area contributed by atoms with E-state index in [4.69, 9.17) is 14.2 Å². The van der Waals surface area contributed by atoms with Crippen molar-refractivity contribution in [3.8, 4) is 0 Å². The van der Waals surface area contributed by atoms with E-state index in [1.54, 1.807) is 0 Å². The van der Waals surface area contributed by atoms with Crippen molar-refractivity contribution in [1.82, 2.24) is 0 Å². The number of hydrogen-bond donors (Lipinski definition) is 0. The Labute approximate surface area is 426 Å². The van der Waals surface area contributed by atoms with Gasteiger partial charge < -0.3 is 14.2 Å². The fourth-order valence-corrected chi connectivity index (χ4v) is 9.63. The molecule has 0 spiro atoms. The molecule has 0 N–H and O–H groups in total. The van der Waals surface area contributed by atoms with Gasteiger partial charge in [-0.3, -0.25) is 9.59 Å². The molecule has 0 aromatic carbocycles. The van der Waals surface area contributed by atoms with Crippen molar-refractivity contribution in [3.05, 3.63) is 12.2 Å². The average molecular weight is 960 g/mol. The maximum atomic E-state index is 12.9. The highest BCUT2D eigenvalue weighted by atomic mass is 16.6. The lowest BCUT2D eigenvalue weighted by Gasteiger charge is -2.18. The monoisotopic (exact) mass is 959 g/mol. The number of carbonyl (C=O) groups excluding carboxylic acids is 2. The average Bonchev–Trinajstić information content (AvgIpc) is 3.34. The van der Waals surface area contributed by atoms with Crippen LogP contribution in [0.25, 0.3) is 0 Å². The Kier molecular flexibility index (Phi) is 58.7. The summed E-state index contributed by atoms with van der Waals surface area (Å²) in [6.07, 6.45) is 71.0. The minimum Gasteiger partial charge on any atom is -0.462 e. The van der Waals surface area contributed by atoms with E-state index in [9.17, 15) is 9.59 Å². The van der Waals surface area contributed by atoms with Crippen LogP contribution in [-0.2, 0) is 23.8 Å². The van der Waals surface area contributed by atoms with Crippen LogP contribution in [0.5, 0.6) is 0 Å². The molecular weight excluding hydrogens is 837 g/mol. The van der Waals surface area contributed by atoms with Gasteiger partial charge in [-0.2, -0.15) is 0 Å². The summed E-state index contributed by atoms with van der Waals surface area (Å²) >= 11 is 0. The first kappa shape index (κ1) is 66.6. The molecule has 0 heterocycles. The molecule has 0 aromatic rings. The van der Waals surface area contributed by atoms with E-state index in [0.717, 1.165) is 38.5 Å². The van der Waals surface area contributed by atoms with Gasteiger partial charge in [0.2, 0.25) is 0 Å². The van der Waals surface area contributed by atoms with Gasteiger partial charge >= 0.3 is 11.9 Å². The van der Waals surface area contributed by atoms with Crippen molar-refractivity contribution in [3.63, 3.8) is 0 Å². The highest BCUT2D eigenvalue weighted by molar-refractivity contribution is 5.70. The molecule has 0 saturated carbocycles. The van der Waals surface area contributed by atoms with Crippen molar-refractivity contribution in [2.24, 2.45) is 0 Å². The van der Waals surface area contributed by atoms with Gasteiger partial charge in [-0.1, -0.05) is 309 Å². The molecule has 0 aliphatic heterocycles. The van der Waals surface area contributed by atoms with Crippen LogP contribution in [0.1, 0.15) is 355 Å². The lowest BCUT2D eigenvalue weighted by atomic mass is 10.0. The number of ether oxygens (including phenoxy) is 3. The van der Waals surface area contributed by atoms with Crippen molar-refractivity contribution >= 4 is 11.9 Å². The van der Waals surface area contributed by atoms with Crippen LogP contribution in [0, 0.1) is 0 Å².